The molecule has 1 amide bonds. The highest BCUT2D eigenvalue weighted by molar-refractivity contribution is 6.30. The van der Waals surface area contributed by atoms with Crippen molar-refractivity contribution in [3.63, 3.8) is 0 Å². The van der Waals surface area contributed by atoms with E-state index in [0.29, 0.717) is 23.9 Å². The first-order valence-electron chi connectivity index (χ1n) is 9.23. The predicted octanol–water partition coefficient (Wildman–Crippen LogP) is 4.00. The molecule has 1 aliphatic rings. The largest absolute Gasteiger partial charge is 0.484 e. The first kappa shape index (κ1) is 18.6. The molecule has 0 radical (unpaired) electrons. The maximum atomic E-state index is 12.7. The zero-order valence-corrected chi connectivity index (χ0v) is 17.0. The van der Waals surface area contributed by atoms with Gasteiger partial charge in [-0.25, -0.2) is 4.68 Å². The number of halogens is 1. The maximum absolute atomic E-state index is 12.7. The molecule has 0 fully saturated rings. The Morgan fingerprint density at radius 3 is 2.46 bits per heavy atom. The summed E-state index contributed by atoms with van der Waals surface area (Å²) in [5.41, 5.74) is 1.88. The molecule has 0 aliphatic carbocycles. The fourth-order valence-electron chi connectivity index (χ4n) is 3.35. The highest BCUT2D eigenvalue weighted by Gasteiger charge is 2.33. The molecule has 0 saturated carbocycles. The summed E-state index contributed by atoms with van der Waals surface area (Å²) in [5.74, 6) is 1.58. The molecule has 146 valence electrons. The Kier molecular flexibility index (Phi) is 4.67. The van der Waals surface area contributed by atoms with Gasteiger partial charge >= 0.3 is 0 Å². The minimum atomic E-state index is -0.156. The maximum Gasteiger partial charge on any atom is 0.261 e. The van der Waals surface area contributed by atoms with Crippen molar-refractivity contribution in [2.45, 2.75) is 39.4 Å². The van der Waals surface area contributed by atoms with Gasteiger partial charge in [0.15, 0.2) is 6.61 Å². The monoisotopic (exact) mass is 398 g/mol. The molecule has 0 spiro atoms. The van der Waals surface area contributed by atoms with Crippen LogP contribution in [0, 0.1) is 0 Å². The van der Waals surface area contributed by atoms with E-state index < -0.39 is 0 Å². The summed E-state index contributed by atoms with van der Waals surface area (Å²) in [7, 11) is 0. The van der Waals surface area contributed by atoms with Gasteiger partial charge < -0.3 is 14.2 Å². The van der Waals surface area contributed by atoms with Gasteiger partial charge in [-0.1, -0.05) is 11.6 Å². The van der Waals surface area contributed by atoms with Crippen molar-refractivity contribution in [1.82, 2.24) is 19.2 Å². The minimum Gasteiger partial charge on any atom is -0.484 e. The van der Waals surface area contributed by atoms with Crippen molar-refractivity contribution in [1.29, 1.82) is 0 Å². The van der Waals surface area contributed by atoms with Gasteiger partial charge in [0.1, 0.15) is 11.6 Å². The first-order valence-corrected chi connectivity index (χ1v) is 9.61. The lowest BCUT2D eigenvalue weighted by Gasteiger charge is -2.24. The van der Waals surface area contributed by atoms with Crippen LogP contribution in [-0.2, 0) is 23.4 Å². The van der Waals surface area contributed by atoms with Crippen LogP contribution in [0.2, 0.25) is 5.02 Å². The van der Waals surface area contributed by atoms with E-state index in [1.165, 1.54) is 0 Å². The standard InChI is InChI=1S/C21H23ClN4O2/c1-21(2,3)26-20(24-10-4-5-11-24)17-12-25(13-18(17)23-26)19(27)14-28-16-8-6-15(22)7-9-16/h4-11H,12-14H2,1-3H3. The summed E-state index contributed by atoms with van der Waals surface area (Å²) in [6.45, 7) is 7.41. The van der Waals surface area contributed by atoms with E-state index in [9.17, 15) is 4.79 Å². The lowest BCUT2D eigenvalue weighted by Crippen LogP contribution is -2.32. The van der Waals surface area contributed by atoms with Crippen LogP contribution in [0.15, 0.2) is 48.8 Å². The van der Waals surface area contributed by atoms with Crippen LogP contribution < -0.4 is 4.74 Å². The number of carbonyl (C=O) groups excluding carboxylic acids is 1. The molecule has 0 atom stereocenters. The molecule has 3 aromatic rings. The van der Waals surface area contributed by atoms with Gasteiger partial charge in [-0.05, 0) is 57.2 Å². The van der Waals surface area contributed by atoms with Crippen molar-refractivity contribution < 1.29 is 9.53 Å². The van der Waals surface area contributed by atoms with E-state index >= 15 is 0 Å². The molecular formula is C21H23ClN4O2. The Morgan fingerprint density at radius 2 is 1.82 bits per heavy atom. The topological polar surface area (TPSA) is 52.3 Å². The molecule has 7 heteroatoms. The Hall–Kier alpha value is -2.73. The molecule has 0 bridgehead atoms. The van der Waals surface area contributed by atoms with Crippen molar-refractivity contribution in [3.8, 4) is 11.6 Å². The number of hydrogen-bond donors (Lipinski definition) is 0. The van der Waals surface area contributed by atoms with Gasteiger partial charge in [0.05, 0.1) is 24.3 Å². The van der Waals surface area contributed by atoms with Crippen LogP contribution in [0.3, 0.4) is 0 Å². The Morgan fingerprint density at radius 1 is 1.14 bits per heavy atom. The number of hydrogen-bond acceptors (Lipinski definition) is 3. The zero-order valence-electron chi connectivity index (χ0n) is 16.2. The van der Waals surface area contributed by atoms with Crippen LogP contribution in [0.1, 0.15) is 32.0 Å². The van der Waals surface area contributed by atoms with Gasteiger partial charge in [-0.3, -0.25) is 4.79 Å². The third kappa shape index (κ3) is 3.52. The molecule has 4 rings (SSSR count). The van der Waals surface area contributed by atoms with Gasteiger partial charge in [-0.15, -0.1) is 0 Å². The average Bonchev–Trinajstić information content (AvgIpc) is 3.35. The van der Waals surface area contributed by atoms with Gasteiger partial charge in [0.25, 0.3) is 5.91 Å². The van der Waals surface area contributed by atoms with Gasteiger partial charge in [0.2, 0.25) is 0 Å². The fourth-order valence-corrected chi connectivity index (χ4v) is 3.48. The number of ether oxygens (including phenoxy) is 1. The Labute approximate surface area is 169 Å². The minimum absolute atomic E-state index is 0.00989. The van der Waals surface area contributed by atoms with Crippen LogP contribution in [0.25, 0.3) is 5.82 Å². The van der Waals surface area contributed by atoms with Crippen molar-refractivity contribution in [2.24, 2.45) is 0 Å². The number of carbonyl (C=O) groups is 1. The smallest absolute Gasteiger partial charge is 0.261 e. The summed E-state index contributed by atoms with van der Waals surface area (Å²) in [4.78, 5) is 14.5. The van der Waals surface area contributed by atoms with Crippen LogP contribution >= 0.6 is 11.6 Å². The lowest BCUT2D eigenvalue weighted by molar-refractivity contribution is -0.134. The summed E-state index contributed by atoms with van der Waals surface area (Å²) in [6.07, 6.45) is 4.02. The first-order chi connectivity index (χ1) is 13.3. The molecule has 28 heavy (non-hydrogen) atoms. The SMILES string of the molecule is CC(C)(C)n1nc2c(c1-n1cccc1)CN(C(=O)COc1ccc(Cl)cc1)C2. The molecule has 1 aromatic carbocycles. The second-order valence-electron chi connectivity index (χ2n) is 7.91. The van der Waals surface area contributed by atoms with Gasteiger partial charge in [0, 0.05) is 23.0 Å². The quantitative estimate of drug-likeness (QED) is 0.667. The highest BCUT2D eigenvalue weighted by atomic mass is 35.5. The number of rotatable bonds is 4. The van der Waals surface area contributed by atoms with Crippen LogP contribution in [-0.4, -0.2) is 31.8 Å². The van der Waals surface area contributed by atoms with E-state index in [-0.39, 0.29) is 18.1 Å². The number of fused-ring (bicyclic) bond motifs is 1. The van der Waals surface area contributed by atoms with E-state index in [4.69, 9.17) is 21.4 Å². The number of benzene rings is 1. The molecular weight excluding hydrogens is 376 g/mol. The van der Waals surface area contributed by atoms with Crippen LogP contribution in [0.4, 0.5) is 0 Å². The van der Waals surface area contributed by atoms with Gasteiger partial charge in [-0.2, -0.15) is 5.10 Å². The van der Waals surface area contributed by atoms with E-state index in [2.05, 4.69) is 25.3 Å². The molecule has 0 unspecified atom stereocenters. The number of amides is 1. The molecule has 3 heterocycles. The van der Waals surface area contributed by atoms with Crippen molar-refractivity contribution in [2.75, 3.05) is 6.61 Å². The second kappa shape index (κ2) is 7.02. The summed E-state index contributed by atoms with van der Waals surface area (Å²) in [6, 6.07) is 11.0. The fraction of sp³-hybridized carbons (Fsp3) is 0.333. The van der Waals surface area contributed by atoms with Crippen molar-refractivity contribution in [3.05, 3.63) is 65.1 Å². The number of nitrogens with zero attached hydrogens (tertiary/aromatic N) is 4. The van der Waals surface area contributed by atoms with E-state index in [0.717, 1.165) is 17.1 Å². The normalized spacial score (nSPS) is 13.6. The summed E-state index contributed by atoms with van der Waals surface area (Å²) < 4.78 is 9.72. The summed E-state index contributed by atoms with van der Waals surface area (Å²) in [5, 5.41) is 5.46. The van der Waals surface area contributed by atoms with Crippen molar-refractivity contribution >= 4 is 17.5 Å². The molecule has 1 aliphatic heterocycles. The second-order valence-corrected chi connectivity index (χ2v) is 8.35. The zero-order chi connectivity index (χ0) is 19.9. The number of aromatic nitrogens is 3. The molecule has 0 N–H and O–H groups in total. The van der Waals surface area contributed by atoms with E-state index in [1.807, 2.05) is 29.2 Å². The predicted molar refractivity (Wildman–Crippen MR) is 108 cm³/mol. The van der Waals surface area contributed by atoms with E-state index in [1.54, 1.807) is 29.2 Å². The molecule has 0 saturated heterocycles. The molecule has 2 aromatic heterocycles. The average molecular weight is 399 g/mol. The van der Waals surface area contributed by atoms with Crippen LogP contribution in [0.5, 0.6) is 5.75 Å². The Balaban J connectivity index is 1.52. The summed E-state index contributed by atoms with van der Waals surface area (Å²) >= 11 is 5.88. The molecule has 6 nitrogen and oxygen atoms in total. The lowest BCUT2D eigenvalue weighted by atomic mass is 10.1. The Bertz CT molecular complexity index is 985. The highest BCUT2D eigenvalue weighted by Crippen LogP contribution is 2.32. The third-order valence-electron chi connectivity index (χ3n) is 4.74. The third-order valence-corrected chi connectivity index (χ3v) is 4.99.